The van der Waals surface area contributed by atoms with Crippen LogP contribution in [0.4, 0.5) is 8.78 Å². The Morgan fingerprint density at radius 3 is 2.17 bits per heavy atom. The Morgan fingerprint density at radius 2 is 1.60 bits per heavy atom. The summed E-state index contributed by atoms with van der Waals surface area (Å²) in [6.07, 6.45) is 1.79. The van der Waals surface area contributed by atoms with Crippen molar-refractivity contribution in [1.82, 2.24) is 24.7 Å². The second-order valence-electron chi connectivity index (χ2n) is 8.33. The first-order valence-corrected chi connectivity index (χ1v) is 12.6. The smallest absolute Gasteiger partial charge is 0.216 e. The van der Waals surface area contributed by atoms with Crippen LogP contribution in [-0.2, 0) is 6.54 Å². The summed E-state index contributed by atoms with van der Waals surface area (Å²) in [6.45, 7) is 3.83. The van der Waals surface area contributed by atoms with Crippen LogP contribution in [0.2, 0.25) is 0 Å². The third-order valence-corrected chi connectivity index (χ3v) is 7.14. The predicted molar refractivity (Wildman–Crippen MR) is 136 cm³/mol. The van der Waals surface area contributed by atoms with Crippen molar-refractivity contribution in [2.45, 2.75) is 12.6 Å². The van der Waals surface area contributed by atoms with Gasteiger partial charge in [0.15, 0.2) is 5.82 Å². The van der Waals surface area contributed by atoms with E-state index in [-0.39, 0.29) is 17.7 Å². The third kappa shape index (κ3) is 5.62. The topological polar surface area (TPSA) is 52.4 Å². The Balaban J connectivity index is 1.29. The van der Waals surface area contributed by atoms with Gasteiger partial charge in [-0.3, -0.25) is 14.9 Å². The van der Waals surface area contributed by atoms with Gasteiger partial charge in [-0.2, -0.15) is 14.9 Å². The van der Waals surface area contributed by atoms with Crippen molar-refractivity contribution in [3.8, 4) is 0 Å². The molecule has 0 amide bonds. The van der Waals surface area contributed by atoms with Crippen molar-refractivity contribution in [2.24, 2.45) is 5.10 Å². The van der Waals surface area contributed by atoms with Crippen molar-refractivity contribution < 1.29 is 8.78 Å². The van der Waals surface area contributed by atoms with Crippen LogP contribution < -0.4 is 0 Å². The van der Waals surface area contributed by atoms with E-state index in [0.717, 1.165) is 48.0 Å². The molecule has 5 rings (SSSR count). The van der Waals surface area contributed by atoms with Crippen LogP contribution in [0.15, 0.2) is 71.1 Å². The van der Waals surface area contributed by atoms with E-state index in [1.165, 1.54) is 24.3 Å². The van der Waals surface area contributed by atoms with E-state index in [2.05, 4.69) is 25.1 Å². The summed E-state index contributed by atoms with van der Waals surface area (Å²) < 4.78 is 29.3. The summed E-state index contributed by atoms with van der Waals surface area (Å²) in [7, 11) is 0. The van der Waals surface area contributed by atoms with Gasteiger partial charge < -0.3 is 0 Å². The van der Waals surface area contributed by atoms with Gasteiger partial charge in [0.1, 0.15) is 11.6 Å². The Kier molecular flexibility index (Phi) is 7.24. The molecule has 0 saturated carbocycles. The molecule has 0 radical (unpaired) electrons. The largest absolute Gasteiger partial charge is 0.293 e. The minimum Gasteiger partial charge on any atom is -0.293 e. The number of piperazine rings is 1. The maximum Gasteiger partial charge on any atom is 0.216 e. The van der Waals surface area contributed by atoms with Gasteiger partial charge in [-0.1, -0.05) is 30.3 Å². The molecule has 0 unspecified atom stereocenters. The maximum atomic E-state index is 13.6. The van der Waals surface area contributed by atoms with Crippen LogP contribution in [0.5, 0.6) is 0 Å². The fraction of sp³-hybridized carbons (Fsp3) is 0.240. The number of H-pyrrole nitrogens is 1. The summed E-state index contributed by atoms with van der Waals surface area (Å²) in [6, 6.07) is 17.0. The van der Waals surface area contributed by atoms with E-state index in [0.29, 0.717) is 11.3 Å². The van der Waals surface area contributed by atoms with Crippen LogP contribution in [0.1, 0.15) is 27.9 Å². The van der Waals surface area contributed by atoms with Crippen molar-refractivity contribution in [3.05, 3.63) is 104 Å². The Hall–Kier alpha value is -3.05. The Bertz CT molecular complexity index is 1280. The Labute approximate surface area is 211 Å². The first-order valence-electron chi connectivity index (χ1n) is 11.3. The molecule has 0 bridgehead atoms. The zero-order valence-electron chi connectivity index (χ0n) is 18.8. The van der Waals surface area contributed by atoms with Crippen LogP contribution in [0.25, 0.3) is 0 Å². The molecule has 6 nitrogen and oxygen atoms in total. The predicted octanol–water partition coefficient (Wildman–Crippen LogP) is 5.07. The van der Waals surface area contributed by atoms with Gasteiger partial charge in [-0.05, 0) is 59.1 Å². The fourth-order valence-corrected chi connectivity index (χ4v) is 5.09. The van der Waals surface area contributed by atoms with Crippen molar-refractivity contribution in [2.75, 3.05) is 26.2 Å². The monoisotopic (exact) mass is 510 g/mol. The lowest BCUT2D eigenvalue weighted by Crippen LogP contribution is -2.47. The standard InChI is InChI=1S/C25H24F2N6S2/c26-20-7-3-18(4-8-20)24(19-5-9-21(27)10-6-19)32-13-11-31(12-14-32)17-23-29-30-25(34)33(23)28-16-22-2-1-15-35-22/h1-10,15-16,24H,11-14,17H2,(H,30,34)/b28-16+. The number of aromatic amines is 1. The summed E-state index contributed by atoms with van der Waals surface area (Å²) in [4.78, 5) is 5.70. The van der Waals surface area contributed by atoms with Crippen LogP contribution in [0.3, 0.4) is 0 Å². The highest BCUT2D eigenvalue weighted by Gasteiger charge is 2.27. The molecular weight excluding hydrogens is 486 g/mol. The zero-order chi connectivity index (χ0) is 24.2. The van der Waals surface area contributed by atoms with Gasteiger partial charge in [0.05, 0.1) is 18.8 Å². The summed E-state index contributed by atoms with van der Waals surface area (Å²) >= 11 is 6.98. The molecule has 1 fully saturated rings. The van der Waals surface area contributed by atoms with E-state index in [9.17, 15) is 8.78 Å². The summed E-state index contributed by atoms with van der Waals surface area (Å²) in [5, 5.41) is 13.7. The first-order chi connectivity index (χ1) is 17.1. The molecule has 2 aromatic heterocycles. The number of halogens is 2. The molecule has 180 valence electrons. The minimum atomic E-state index is -0.272. The van der Waals surface area contributed by atoms with Gasteiger partial charge in [-0.15, -0.1) is 11.3 Å². The average molecular weight is 511 g/mol. The molecule has 0 atom stereocenters. The van der Waals surface area contributed by atoms with Gasteiger partial charge in [0, 0.05) is 31.1 Å². The van der Waals surface area contributed by atoms with Crippen LogP contribution >= 0.6 is 23.6 Å². The van der Waals surface area contributed by atoms with Gasteiger partial charge >= 0.3 is 0 Å². The van der Waals surface area contributed by atoms with Crippen molar-refractivity contribution in [3.63, 3.8) is 0 Å². The summed E-state index contributed by atoms with van der Waals surface area (Å²) in [5.74, 6) is 0.211. The normalized spacial score (nSPS) is 15.4. The molecule has 4 aromatic rings. The number of rotatable bonds is 7. The Morgan fingerprint density at radius 1 is 0.971 bits per heavy atom. The molecule has 3 heterocycles. The molecule has 0 spiro atoms. The molecule has 35 heavy (non-hydrogen) atoms. The van der Waals surface area contributed by atoms with E-state index < -0.39 is 0 Å². The molecular formula is C25H24F2N6S2. The average Bonchev–Trinajstić information content (AvgIpc) is 3.51. The lowest BCUT2D eigenvalue weighted by molar-refractivity contribution is 0.102. The van der Waals surface area contributed by atoms with Crippen molar-refractivity contribution in [1.29, 1.82) is 0 Å². The second-order valence-corrected chi connectivity index (χ2v) is 9.70. The SMILES string of the molecule is Fc1ccc(C(c2ccc(F)cc2)N2CCN(Cc3n[nH]c(=S)n3/N=C/c3cccs3)CC2)cc1. The highest BCUT2D eigenvalue weighted by molar-refractivity contribution is 7.71. The first kappa shape index (κ1) is 23.7. The summed E-state index contributed by atoms with van der Waals surface area (Å²) in [5.41, 5.74) is 1.96. The minimum absolute atomic E-state index is 0.0803. The van der Waals surface area contributed by atoms with E-state index >= 15 is 0 Å². The molecule has 2 aromatic carbocycles. The molecule has 10 heteroatoms. The lowest BCUT2D eigenvalue weighted by atomic mass is 9.96. The highest BCUT2D eigenvalue weighted by atomic mass is 32.1. The van der Waals surface area contributed by atoms with E-state index in [1.54, 1.807) is 46.5 Å². The maximum absolute atomic E-state index is 13.6. The number of aromatic nitrogens is 3. The number of nitrogens with zero attached hydrogens (tertiary/aromatic N) is 5. The zero-order valence-corrected chi connectivity index (χ0v) is 20.5. The third-order valence-electron chi connectivity index (χ3n) is 6.07. The lowest BCUT2D eigenvalue weighted by Gasteiger charge is -2.39. The van der Waals surface area contributed by atoms with Gasteiger partial charge in [-0.25, -0.2) is 8.78 Å². The molecule has 1 N–H and O–H groups in total. The number of hydrogen-bond acceptors (Lipinski definition) is 6. The number of hydrogen-bond donors (Lipinski definition) is 1. The van der Waals surface area contributed by atoms with Gasteiger partial charge in [0.25, 0.3) is 0 Å². The molecule has 1 aliphatic heterocycles. The van der Waals surface area contributed by atoms with E-state index in [1.807, 2.05) is 17.5 Å². The fourth-order valence-electron chi connectivity index (χ4n) is 4.31. The highest BCUT2D eigenvalue weighted by Crippen LogP contribution is 2.30. The number of thiophene rings is 1. The van der Waals surface area contributed by atoms with Gasteiger partial charge in [0.2, 0.25) is 4.77 Å². The number of benzene rings is 2. The van der Waals surface area contributed by atoms with Crippen molar-refractivity contribution >= 4 is 29.8 Å². The molecule has 0 aliphatic carbocycles. The molecule has 1 saturated heterocycles. The number of nitrogens with one attached hydrogen (secondary N) is 1. The quantitative estimate of drug-likeness (QED) is 0.279. The van der Waals surface area contributed by atoms with Crippen LogP contribution in [0, 0.1) is 16.4 Å². The second kappa shape index (κ2) is 10.7. The molecule has 1 aliphatic rings. The van der Waals surface area contributed by atoms with Crippen LogP contribution in [-0.4, -0.2) is 57.1 Å². The van der Waals surface area contributed by atoms with E-state index in [4.69, 9.17) is 12.2 Å².